The summed E-state index contributed by atoms with van der Waals surface area (Å²) in [6, 6.07) is 0. The molecule has 2 atom stereocenters. The lowest BCUT2D eigenvalue weighted by Gasteiger charge is -2.23. The maximum absolute atomic E-state index is 12.1. The Morgan fingerprint density at radius 1 is 1.06 bits per heavy atom. The van der Waals surface area contributed by atoms with Crippen LogP contribution in [0.4, 0.5) is 0 Å². The van der Waals surface area contributed by atoms with Gasteiger partial charge in [0, 0.05) is 24.9 Å². The van der Waals surface area contributed by atoms with Crippen molar-refractivity contribution in [2.24, 2.45) is 17.8 Å². The Balaban J connectivity index is 2.07. The molecule has 0 radical (unpaired) electrons. The van der Waals surface area contributed by atoms with Crippen molar-refractivity contribution >= 4 is 11.8 Å². The summed E-state index contributed by atoms with van der Waals surface area (Å²) >= 11 is 0. The van der Waals surface area contributed by atoms with E-state index in [1.807, 2.05) is 6.92 Å². The van der Waals surface area contributed by atoms with E-state index < -0.39 is 0 Å². The molecule has 2 heterocycles. The third-order valence-electron chi connectivity index (χ3n) is 4.27. The Morgan fingerprint density at radius 3 is 1.72 bits per heavy atom. The molecule has 0 aliphatic carbocycles. The van der Waals surface area contributed by atoms with Crippen LogP contribution in [0.1, 0.15) is 19.8 Å². The van der Waals surface area contributed by atoms with Crippen LogP contribution in [0.15, 0.2) is 25.6 Å². The van der Waals surface area contributed by atoms with Gasteiger partial charge in [-0.1, -0.05) is 20.1 Å². The molecular formula is C14H20N2O2. The maximum Gasteiger partial charge on any atom is 0.229 e. The number of carbonyl (C=O) groups excluding carboxylic acids is 2. The van der Waals surface area contributed by atoms with Crippen LogP contribution in [0.3, 0.4) is 0 Å². The number of carbonyl (C=O) groups is 2. The lowest BCUT2D eigenvalue weighted by Crippen LogP contribution is -2.32. The van der Waals surface area contributed by atoms with Gasteiger partial charge in [-0.2, -0.15) is 0 Å². The minimum Gasteiger partial charge on any atom is -0.319 e. The molecule has 2 aliphatic rings. The number of hydrogen-bond acceptors (Lipinski definition) is 2. The molecule has 4 heteroatoms. The molecule has 98 valence electrons. The van der Waals surface area contributed by atoms with Crippen LogP contribution in [0.25, 0.3) is 0 Å². The second-order valence-corrected chi connectivity index (χ2v) is 5.08. The van der Waals surface area contributed by atoms with Crippen molar-refractivity contribution in [2.45, 2.75) is 19.8 Å². The Morgan fingerprint density at radius 2 is 1.44 bits per heavy atom. The Hall–Kier alpha value is -1.58. The Kier molecular flexibility index (Phi) is 3.55. The molecule has 2 fully saturated rings. The fourth-order valence-corrected chi connectivity index (χ4v) is 3.07. The van der Waals surface area contributed by atoms with Crippen LogP contribution in [-0.4, -0.2) is 34.7 Å². The standard InChI is InChI=1S/C14H20N2O2/c1-4-15-8-6-11(13(15)17)10(3)12-7-9-16(5-2)14(12)18/h4-5,10-12H,1-2,6-9H2,3H3. The van der Waals surface area contributed by atoms with E-state index in [-0.39, 0.29) is 29.6 Å². The number of nitrogens with zero attached hydrogens (tertiary/aromatic N) is 2. The van der Waals surface area contributed by atoms with Crippen LogP contribution in [0.5, 0.6) is 0 Å². The van der Waals surface area contributed by atoms with Crippen molar-refractivity contribution < 1.29 is 9.59 Å². The zero-order valence-electron chi connectivity index (χ0n) is 10.8. The zero-order chi connectivity index (χ0) is 13.3. The number of amides is 2. The first-order valence-electron chi connectivity index (χ1n) is 6.46. The van der Waals surface area contributed by atoms with E-state index in [1.165, 1.54) is 0 Å². The summed E-state index contributed by atoms with van der Waals surface area (Å²) in [6.45, 7) is 10.8. The molecule has 2 unspecified atom stereocenters. The highest BCUT2D eigenvalue weighted by Crippen LogP contribution is 2.35. The van der Waals surface area contributed by atoms with Gasteiger partial charge < -0.3 is 9.80 Å². The van der Waals surface area contributed by atoms with Crippen LogP contribution in [0, 0.1) is 17.8 Å². The molecule has 2 amide bonds. The van der Waals surface area contributed by atoms with Crippen molar-refractivity contribution in [3.8, 4) is 0 Å². The summed E-state index contributed by atoms with van der Waals surface area (Å²) in [5.74, 6) is 0.244. The Bertz CT molecular complexity index is 355. The van der Waals surface area contributed by atoms with Crippen molar-refractivity contribution in [1.82, 2.24) is 9.80 Å². The van der Waals surface area contributed by atoms with Crippen molar-refractivity contribution in [3.05, 3.63) is 25.6 Å². The van der Waals surface area contributed by atoms with Gasteiger partial charge in [-0.15, -0.1) is 0 Å². The molecule has 4 nitrogen and oxygen atoms in total. The van der Waals surface area contributed by atoms with Gasteiger partial charge in [0.15, 0.2) is 0 Å². The molecule has 0 aromatic rings. The van der Waals surface area contributed by atoms with Crippen molar-refractivity contribution in [2.75, 3.05) is 13.1 Å². The minimum absolute atomic E-state index is 0.0401. The average molecular weight is 248 g/mol. The predicted molar refractivity (Wildman–Crippen MR) is 69.2 cm³/mol. The third kappa shape index (κ3) is 1.96. The van der Waals surface area contributed by atoms with Crippen molar-refractivity contribution in [3.63, 3.8) is 0 Å². The van der Waals surface area contributed by atoms with Gasteiger partial charge in [-0.05, 0) is 31.2 Å². The van der Waals surface area contributed by atoms with Gasteiger partial charge in [0.05, 0.1) is 0 Å². The minimum atomic E-state index is -0.0401. The smallest absolute Gasteiger partial charge is 0.229 e. The summed E-state index contributed by atoms with van der Waals surface area (Å²) in [6.07, 6.45) is 4.82. The second-order valence-electron chi connectivity index (χ2n) is 5.08. The van der Waals surface area contributed by atoms with Gasteiger partial charge >= 0.3 is 0 Å². The highest BCUT2D eigenvalue weighted by Gasteiger charge is 2.43. The van der Waals surface area contributed by atoms with E-state index in [9.17, 15) is 9.59 Å². The second kappa shape index (κ2) is 4.96. The monoisotopic (exact) mass is 248 g/mol. The largest absolute Gasteiger partial charge is 0.319 e. The number of likely N-dealkylation sites (tertiary alicyclic amines) is 2. The van der Waals surface area contributed by atoms with Gasteiger partial charge in [0.25, 0.3) is 0 Å². The quantitative estimate of drug-likeness (QED) is 0.758. The summed E-state index contributed by atoms with van der Waals surface area (Å²) in [4.78, 5) is 27.5. The lowest BCUT2D eigenvalue weighted by atomic mass is 9.81. The average Bonchev–Trinajstić information content (AvgIpc) is 2.91. The van der Waals surface area contributed by atoms with Crippen molar-refractivity contribution in [1.29, 1.82) is 0 Å². The SMILES string of the molecule is C=CN1CCC(C(C)C2CCN(C=C)C2=O)C1=O. The Labute approximate surface area is 108 Å². The molecule has 0 saturated carbocycles. The van der Waals surface area contributed by atoms with E-state index >= 15 is 0 Å². The molecule has 0 aromatic carbocycles. The molecule has 0 bridgehead atoms. The fourth-order valence-electron chi connectivity index (χ4n) is 3.07. The first-order valence-corrected chi connectivity index (χ1v) is 6.46. The third-order valence-corrected chi connectivity index (χ3v) is 4.27. The van der Waals surface area contributed by atoms with E-state index in [0.717, 1.165) is 25.9 Å². The van der Waals surface area contributed by atoms with E-state index in [0.29, 0.717) is 0 Å². The normalized spacial score (nSPS) is 29.8. The molecule has 2 rings (SSSR count). The van der Waals surface area contributed by atoms with Gasteiger partial charge in [0.2, 0.25) is 11.8 Å². The first-order chi connectivity index (χ1) is 8.60. The summed E-state index contributed by atoms with van der Waals surface area (Å²) < 4.78 is 0. The summed E-state index contributed by atoms with van der Waals surface area (Å²) in [5.41, 5.74) is 0. The highest BCUT2D eigenvalue weighted by atomic mass is 16.2. The molecular weight excluding hydrogens is 228 g/mol. The van der Waals surface area contributed by atoms with Gasteiger partial charge in [-0.3, -0.25) is 9.59 Å². The van der Waals surface area contributed by atoms with E-state index in [2.05, 4.69) is 13.2 Å². The molecule has 2 saturated heterocycles. The maximum atomic E-state index is 12.1. The lowest BCUT2D eigenvalue weighted by molar-refractivity contribution is -0.133. The summed E-state index contributed by atoms with van der Waals surface area (Å²) in [5, 5.41) is 0. The predicted octanol–water partition coefficient (Wildman–Crippen LogP) is 1.61. The fraction of sp³-hybridized carbons (Fsp3) is 0.571. The number of hydrogen-bond donors (Lipinski definition) is 0. The molecule has 2 aliphatic heterocycles. The van der Waals surface area contributed by atoms with E-state index in [1.54, 1.807) is 22.2 Å². The summed E-state index contributed by atoms with van der Waals surface area (Å²) in [7, 11) is 0. The number of rotatable bonds is 4. The van der Waals surface area contributed by atoms with Crippen LogP contribution >= 0.6 is 0 Å². The molecule has 0 N–H and O–H groups in total. The van der Waals surface area contributed by atoms with Gasteiger partial charge in [-0.25, -0.2) is 0 Å². The van der Waals surface area contributed by atoms with Crippen LogP contribution in [0.2, 0.25) is 0 Å². The topological polar surface area (TPSA) is 40.6 Å². The molecule has 18 heavy (non-hydrogen) atoms. The zero-order valence-corrected chi connectivity index (χ0v) is 10.8. The van der Waals surface area contributed by atoms with Gasteiger partial charge in [0.1, 0.15) is 0 Å². The van der Waals surface area contributed by atoms with Crippen LogP contribution in [-0.2, 0) is 9.59 Å². The molecule has 0 spiro atoms. The first kappa shape index (κ1) is 12.9. The van der Waals surface area contributed by atoms with E-state index in [4.69, 9.17) is 0 Å². The molecule has 0 aromatic heterocycles. The highest BCUT2D eigenvalue weighted by molar-refractivity contribution is 5.85. The van der Waals surface area contributed by atoms with Crippen LogP contribution < -0.4 is 0 Å².